The van der Waals surface area contributed by atoms with Crippen LogP contribution in [0, 0.1) is 0 Å². The summed E-state index contributed by atoms with van der Waals surface area (Å²) >= 11 is 0. The summed E-state index contributed by atoms with van der Waals surface area (Å²) in [6.07, 6.45) is -0.413. The first-order chi connectivity index (χ1) is 14.3. The number of rotatable bonds is 6. The van der Waals surface area contributed by atoms with Gasteiger partial charge in [0.25, 0.3) is 0 Å². The van der Waals surface area contributed by atoms with Crippen LogP contribution in [0.1, 0.15) is 26.3 Å². The van der Waals surface area contributed by atoms with Gasteiger partial charge in [0.2, 0.25) is 0 Å². The van der Waals surface area contributed by atoms with Gasteiger partial charge in [0, 0.05) is 17.2 Å². The van der Waals surface area contributed by atoms with E-state index in [-0.39, 0.29) is 6.29 Å². The van der Waals surface area contributed by atoms with Crippen molar-refractivity contribution in [2.75, 3.05) is 6.29 Å². The fraction of sp³-hybridized carbons (Fsp3) is 0.240. The van der Waals surface area contributed by atoms with Gasteiger partial charge in [-0.15, -0.1) is 0 Å². The van der Waals surface area contributed by atoms with Gasteiger partial charge >= 0.3 is 6.09 Å². The van der Waals surface area contributed by atoms with Gasteiger partial charge in [-0.1, -0.05) is 91.0 Å². The SMILES string of the molecule is CC(C)(C)OC(=O)N(Cc1ccccc1)CP(=O)(c1ccccc1)c1ccccc1. The van der Waals surface area contributed by atoms with Crippen LogP contribution in [0.5, 0.6) is 0 Å². The van der Waals surface area contributed by atoms with E-state index in [1.54, 1.807) is 4.90 Å². The molecule has 5 heteroatoms. The minimum atomic E-state index is -3.11. The molecule has 4 nitrogen and oxygen atoms in total. The Morgan fingerprint density at radius 2 is 1.23 bits per heavy atom. The summed E-state index contributed by atoms with van der Waals surface area (Å²) in [5, 5.41) is 1.44. The number of hydrogen-bond acceptors (Lipinski definition) is 3. The minimum Gasteiger partial charge on any atom is -0.444 e. The summed E-state index contributed by atoms with van der Waals surface area (Å²) in [6, 6.07) is 28.4. The Bertz CT molecular complexity index is 955. The third-order valence-electron chi connectivity index (χ3n) is 4.58. The molecule has 3 aromatic carbocycles. The topological polar surface area (TPSA) is 46.6 Å². The van der Waals surface area contributed by atoms with Crippen molar-refractivity contribution in [1.82, 2.24) is 4.90 Å². The molecule has 0 N–H and O–H groups in total. The fourth-order valence-corrected chi connectivity index (χ4v) is 5.82. The third-order valence-corrected chi connectivity index (χ3v) is 7.59. The predicted octanol–water partition coefficient (Wildman–Crippen LogP) is 5.40. The van der Waals surface area contributed by atoms with Crippen LogP contribution in [0.2, 0.25) is 0 Å². The highest BCUT2D eigenvalue weighted by molar-refractivity contribution is 7.78. The van der Waals surface area contributed by atoms with E-state index < -0.39 is 18.8 Å². The number of amides is 1. The zero-order chi connectivity index (χ0) is 21.6. The van der Waals surface area contributed by atoms with Crippen molar-refractivity contribution < 1.29 is 14.1 Å². The lowest BCUT2D eigenvalue weighted by molar-refractivity contribution is 0.0269. The molecule has 0 spiro atoms. The second-order valence-corrected chi connectivity index (χ2v) is 11.0. The minimum absolute atomic E-state index is 0.0604. The first-order valence-electron chi connectivity index (χ1n) is 10.0. The van der Waals surface area contributed by atoms with Gasteiger partial charge in [-0.05, 0) is 26.3 Å². The molecule has 0 aromatic heterocycles. The number of carbonyl (C=O) groups is 1. The van der Waals surface area contributed by atoms with E-state index in [0.717, 1.165) is 16.2 Å². The molecule has 0 saturated heterocycles. The second-order valence-electron chi connectivity index (χ2n) is 8.22. The van der Waals surface area contributed by atoms with Gasteiger partial charge in [0.15, 0.2) is 7.14 Å². The smallest absolute Gasteiger partial charge is 0.411 e. The van der Waals surface area contributed by atoms with Crippen LogP contribution in [-0.4, -0.2) is 22.9 Å². The third kappa shape index (κ3) is 5.61. The first-order valence-corrected chi connectivity index (χ1v) is 11.9. The van der Waals surface area contributed by atoms with Gasteiger partial charge in [0.05, 0.1) is 6.29 Å². The Kier molecular flexibility index (Phi) is 6.79. The van der Waals surface area contributed by atoms with Crippen LogP contribution in [0.25, 0.3) is 0 Å². The molecule has 0 aliphatic carbocycles. The molecule has 0 saturated carbocycles. The Balaban J connectivity index is 2.02. The van der Waals surface area contributed by atoms with E-state index >= 15 is 0 Å². The summed E-state index contributed by atoms with van der Waals surface area (Å²) in [4.78, 5) is 14.6. The molecule has 1 amide bonds. The molecule has 0 fully saturated rings. The lowest BCUT2D eigenvalue weighted by atomic mass is 10.2. The Morgan fingerprint density at radius 1 is 0.800 bits per heavy atom. The summed E-state index contributed by atoms with van der Waals surface area (Å²) in [7, 11) is -3.11. The van der Waals surface area contributed by atoms with Gasteiger partial charge in [-0.25, -0.2) is 4.79 Å². The monoisotopic (exact) mass is 421 g/mol. The van der Waals surface area contributed by atoms with Crippen molar-refractivity contribution in [3.63, 3.8) is 0 Å². The Hall–Kier alpha value is -2.84. The molecule has 0 heterocycles. The average molecular weight is 421 g/mol. The van der Waals surface area contributed by atoms with E-state index in [9.17, 15) is 9.36 Å². The highest BCUT2D eigenvalue weighted by Gasteiger charge is 2.33. The molecule has 30 heavy (non-hydrogen) atoms. The van der Waals surface area contributed by atoms with E-state index in [4.69, 9.17) is 4.74 Å². The van der Waals surface area contributed by atoms with Gasteiger partial charge < -0.3 is 9.30 Å². The fourth-order valence-electron chi connectivity index (χ4n) is 3.19. The quantitative estimate of drug-likeness (QED) is 0.501. The molecule has 3 aromatic rings. The molecule has 0 radical (unpaired) electrons. The number of benzene rings is 3. The van der Waals surface area contributed by atoms with Gasteiger partial charge in [-0.3, -0.25) is 4.90 Å². The average Bonchev–Trinajstić information content (AvgIpc) is 2.74. The van der Waals surface area contributed by atoms with Crippen LogP contribution in [0.15, 0.2) is 91.0 Å². The summed E-state index contributed by atoms with van der Waals surface area (Å²) in [5.74, 6) is 0. The normalized spacial score (nSPS) is 11.7. The number of hydrogen-bond donors (Lipinski definition) is 0. The van der Waals surface area contributed by atoms with Gasteiger partial charge in [-0.2, -0.15) is 0 Å². The summed E-state index contributed by atoms with van der Waals surface area (Å²) < 4.78 is 20.1. The Labute approximate surface area is 178 Å². The molecule has 0 unspecified atom stereocenters. The molecule has 0 atom stereocenters. The summed E-state index contributed by atoms with van der Waals surface area (Å²) in [5.41, 5.74) is 0.311. The number of ether oxygens (including phenoxy) is 1. The zero-order valence-electron chi connectivity index (χ0n) is 17.7. The number of nitrogens with zero attached hydrogens (tertiary/aromatic N) is 1. The van der Waals surface area contributed by atoms with Crippen LogP contribution in [-0.2, 0) is 15.8 Å². The highest BCUT2D eigenvalue weighted by Crippen LogP contribution is 2.44. The van der Waals surface area contributed by atoms with E-state index in [1.165, 1.54) is 0 Å². The standard InChI is InChI=1S/C25H28NO3P/c1-25(2,3)29-24(27)26(19-21-13-7-4-8-14-21)20-30(28,22-15-9-5-10-16-22)23-17-11-6-12-18-23/h4-18H,19-20H2,1-3H3. The maximum Gasteiger partial charge on any atom is 0.411 e. The van der Waals surface area contributed by atoms with E-state index in [2.05, 4.69) is 0 Å². The molecule has 3 rings (SSSR count). The van der Waals surface area contributed by atoms with E-state index in [1.807, 2.05) is 112 Å². The van der Waals surface area contributed by atoms with Crippen molar-refractivity contribution in [2.45, 2.75) is 32.9 Å². The summed E-state index contributed by atoms with van der Waals surface area (Å²) in [6.45, 7) is 5.82. The van der Waals surface area contributed by atoms with E-state index in [0.29, 0.717) is 6.54 Å². The van der Waals surface area contributed by atoms with Crippen molar-refractivity contribution in [1.29, 1.82) is 0 Å². The van der Waals surface area contributed by atoms with Crippen molar-refractivity contribution >= 4 is 23.8 Å². The zero-order valence-corrected chi connectivity index (χ0v) is 18.6. The maximum atomic E-state index is 14.4. The largest absolute Gasteiger partial charge is 0.444 e. The van der Waals surface area contributed by atoms with Crippen molar-refractivity contribution in [3.05, 3.63) is 96.6 Å². The second kappa shape index (κ2) is 9.32. The van der Waals surface area contributed by atoms with Crippen LogP contribution < -0.4 is 10.6 Å². The lowest BCUT2D eigenvalue weighted by Crippen LogP contribution is -2.39. The van der Waals surface area contributed by atoms with Gasteiger partial charge in [0.1, 0.15) is 5.60 Å². The van der Waals surface area contributed by atoms with Crippen molar-refractivity contribution in [3.8, 4) is 0 Å². The molecular weight excluding hydrogens is 393 g/mol. The van der Waals surface area contributed by atoms with Crippen LogP contribution in [0.3, 0.4) is 0 Å². The Morgan fingerprint density at radius 3 is 1.67 bits per heavy atom. The van der Waals surface area contributed by atoms with Crippen molar-refractivity contribution in [2.24, 2.45) is 0 Å². The molecule has 0 aliphatic rings. The molecule has 156 valence electrons. The van der Waals surface area contributed by atoms with Crippen LogP contribution >= 0.6 is 7.14 Å². The molecule has 0 bridgehead atoms. The predicted molar refractivity (Wildman–Crippen MR) is 123 cm³/mol. The van der Waals surface area contributed by atoms with Crippen LogP contribution in [0.4, 0.5) is 4.79 Å². The molecular formula is C25H28NO3P. The molecule has 0 aliphatic heterocycles. The maximum absolute atomic E-state index is 14.4. The first kappa shape index (κ1) is 21.9. The number of carbonyl (C=O) groups excluding carboxylic acids is 1. The highest BCUT2D eigenvalue weighted by atomic mass is 31.2. The lowest BCUT2D eigenvalue weighted by Gasteiger charge is -2.31.